The normalized spacial score (nSPS) is 19.8. The van der Waals surface area contributed by atoms with E-state index in [0.717, 1.165) is 23.3 Å². The number of phosphoric acid groups is 1. The molecule has 11 heteroatoms. The summed E-state index contributed by atoms with van der Waals surface area (Å²) in [5.74, 6) is 1.32. The molecule has 0 rings (SSSR count). The third-order valence-electron chi connectivity index (χ3n) is 1.85. The van der Waals surface area contributed by atoms with Gasteiger partial charge in [0.25, 0.3) is 0 Å². The van der Waals surface area contributed by atoms with Crippen LogP contribution < -0.4 is 0 Å². The van der Waals surface area contributed by atoms with E-state index in [4.69, 9.17) is 0 Å². The molecule has 0 saturated carbocycles. The second kappa shape index (κ2) is 9.07. The van der Waals surface area contributed by atoms with Crippen molar-refractivity contribution in [1.82, 2.24) is 0 Å². The van der Waals surface area contributed by atoms with E-state index in [1.165, 1.54) is 12.2 Å². The van der Waals surface area contributed by atoms with E-state index in [2.05, 4.69) is 8.62 Å². The molecular weight excluding hydrogens is 365 g/mol. The van der Waals surface area contributed by atoms with Gasteiger partial charge in [-0.1, -0.05) is 35.5 Å². The Kier molecular flexibility index (Phi) is 8.85. The quantitative estimate of drug-likeness (QED) is 0.412. The van der Waals surface area contributed by atoms with Crippen LogP contribution >= 0.6 is 23.0 Å². The molecular formula is C12H21O8P3. The summed E-state index contributed by atoms with van der Waals surface area (Å²) in [6, 6.07) is 0. The van der Waals surface area contributed by atoms with E-state index in [9.17, 15) is 28.4 Å². The SMILES string of the molecule is CC(C)=C/C=C/P(=O)(O)OP(=O)(O)OP(=O)(O)/C=C/C=C(C)C. The lowest BCUT2D eigenvalue weighted by Gasteiger charge is -2.15. The Morgan fingerprint density at radius 3 is 1.30 bits per heavy atom. The molecule has 0 aromatic heterocycles. The Bertz CT molecular complexity index is 612. The van der Waals surface area contributed by atoms with Crippen molar-refractivity contribution in [3.05, 3.63) is 47.1 Å². The molecule has 3 N–H and O–H groups in total. The van der Waals surface area contributed by atoms with E-state index in [1.807, 2.05) is 0 Å². The van der Waals surface area contributed by atoms with Crippen LogP contribution in [-0.2, 0) is 22.3 Å². The van der Waals surface area contributed by atoms with E-state index in [1.54, 1.807) is 27.7 Å². The molecule has 8 nitrogen and oxygen atoms in total. The summed E-state index contributed by atoms with van der Waals surface area (Å²) in [6.07, 6.45) is 5.25. The Hall–Kier alpha value is -0.550. The lowest BCUT2D eigenvalue weighted by atomic mass is 10.3. The number of rotatable bonds is 8. The molecule has 0 fully saturated rings. The van der Waals surface area contributed by atoms with Crippen molar-refractivity contribution in [3.63, 3.8) is 0 Å². The van der Waals surface area contributed by atoms with Gasteiger partial charge in [0.2, 0.25) is 0 Å². The minimum atomic E-state index is -5.23. The van der Waals surface area contributed by atoms with Crippen molar-refractivity contribution < 1.29 is 37.0 Å². The van der Waals surface area contributed by atoms with Gasteiger partial charge in [-0.15, -0.1) is 0 Å². The van der Waals surface area contributed by atoms with E-state index < -0.39 is 23.0 Å². The van der Waals surface area contributed by atoms with Gasteiger partial charge in [-0.25, -0.2) is 13.2 Å². The van der Waals surface area contributed by atoms with Gasteiger partial charge in [-0.2, -0.15) is 0 Å². The highest BCUT2D eigenvalue weighted by Gasteiger charge is 2.37. The second-order valence-corrected chi connectivity index (χ2v) is 10.0. The lowest BCUT2D eigenvalue weighted by Crippen LogP contribution is -1.91. The van der Waals surface area contributed by atoms with Crippen LogP contribution in [0.15, 0.2) is 47.1 Å². The molecule has 0 spiro atoms. The van der Waals surface area contributed by atoms with E-state index in [-0.39, 0.29) is 0 Å². The molecule has 23 heavy (non-hydrogen) atoms. The first kappa shape index (κ1) is 22.4. The van der Waals surface area contributed by atoms with Gasteiger partial charge in [-0.05, 0) is 27.7 Å². The van der Waals surface area contributed by atoms with Gasteiger partial charge in [-0.3, -0.25) is 9.13 Å². The van der Waals surface area contributed by atoms with Crippen LogP contribution in [0, 0.1) is 0 Å². The lowest BCUT2D eigenvalue weighted by molar-refractivity contribution is 0.262. The molecule has 132 valence electrons. The summed E-state index contributed by atoms with van der Waals surface area (Å²) in [4.78, 5) is 28.2. The summed E-state index contributed by atoms with van der Waals surface area (Å²) in [6.45, 7) is 6.92. The third kappa shape index (κ3) is 12.5. The second-order valence-electron chi connectivity index (χ2n) is 4.93. The number of hydrogen-bond donors (Lipinski definition) is 3. The average Bonchev–Trinajstić information content (AvgIpc) is 2.22. The van der Waals surface area contributed by atoms with Crippen LogP contribution in [0.4, 0.5) is 0 Å². The summed E-state index contributed by atoms with van der Waals surface area (Å²) in [7, 11) is -14.5. The predicted octanol–water partition coefficient (Wildman–Crippen LogP) is 4.45. The van der Waals surface area contributed by atoms with Gasteiger partial charge in [0.15, 0.2) is 0 Å². The average molecular weight is 386 g/mol. The monoisotopic (exact) mass is 386 g/mol. The Morgan fingerprint density at radius 1 is 0.739 bits per heavy atom. The minimum Gasteiger partial charge on any atom is -0.321 e. The van der Waals surface area contributed by atoms with Gasteiger partial charge in [0, 0.05) is 11.6 Å². The maximum absolute atomic E-state index is 11.6. The molecule has 2 atom stereocenters. The molecule has 0 saturated heterocycles. The van der Waals surface area contributed by atoms with Crippen molar-refractivity contribution in [1.29, 1.82) is 0 Å². The molecule has 0 amide bonds. The summed E-state index contributed by atoms with van der Waals surface area (Å²) in [5.41, 5.74) is 1.63. The van der Waals surface area contributed by atoms with Crippen LogP contribution in [0.5, 0.6) is 0 Å². The molecule has 2 unspecified atom stereocenters. The minimum absolute atomic E-state index is 0.660. The maximum atomic E-state index is 11.6. The van der Waals surface area contributed by atoms with Crippen molar-refractivity contribution in [2.24, 2.45) is 0 Å². The van der Waals surface area contributed by atoms with E-state index in [0.29, 0.717) is 11.6 Å². The van der Waals surface area contributed by atoms with Gasteiger partial charge < -0.3 is 14.7 Å². The zero-order valence-corrected chi connectivity index (χ0v) is 15.9. The van der Waals surface area contributed by atoms with Crippen molar-refractivity contribution in [3.8, 4) is 0 Å². The van der Waals surface area contributed by atoms with Gasteiger partial charge in [0.05, 0.1) is 0 Å². The Labute approximate surface area is 135 Å². The molecule has 0 aliphatic heterocycles. The maximum Gasteiger partial charge on any atom is 0.487 e. The Balaban J connectivity index is 5.04. The standard InChI is InChI=1S/C12H21O8P3/c1-11(2)7-5-9-21(13,14)19-23(17,18)20-22(15,16)10-6-8-12(3)4/h5-10H,1-4H3,(H,13,14)(H,15,16)(H,17,18)/b9-5+,10-6+. The topological polar surface area (TPSA) is 130 Å². The van der Waals surface area contributed by atoms with Crippen LogP contribution in [0.3, 0.4) is 0 Å². The molecule has 0 aromatic carbocycles. The van der Waals surface area contributed by atoms with E-state index >= 15 is 0 Å². The van der Waals surface area contributed by atoms with Gasteiger partial charge in [0.1, 0.15) is 0 Å². The number of allylic oxidation sites excluding steroid dienone is 6. The van der Waals surface area contributed by atoms with Gasteiger partial charge >= 0.3 is 23.0 Å². The zero-order valence-electron chi connectivity index (χ0n) is 13.2. The zero-order chi connectivity index (χ0) is 18.3. The molecule has 0 aliphatic carbocycles. The first-order valence-corrected chi connectivity index (χ1v) is 11.1. The third-order valence-corrected chi connectivity index (χ3v) is 6.47. The molecule has 0 aromatic rings. The van der Waals surface area contributed by atoms with Crippen LogP contribution in [-0.4, -0.2) is 14.7 Å². The van der Waals surface area contributed by atoms with Crippen molar-refractivity contribution in [2.45, 2.75) is 27.7 Å². The molecule has 0 bridgehead atoms. The molecule has 0 aliphatic rings. The first-order valence-electron chi connectivity index (χ1n) is 6.31. The summed E-state index contributed by atoms with van der Waals surface area (Å²) < 4.78 is 42.9. The number of hydrogen-bond acceptors (Lipinski definition) is 5. The highest BCUT2D eigenvalue weighted by atomic mass is 31.3. The fourth-order valence-corrected chi connectivity index (χ4v) is 4.85. The van der Waals surface area contributed by atoms with Crippen LogP contribution in [0.2, 0.25) is 0 Å². The smallest absolute Gasteiger partial charge is 0.321 e. The fourth-order valence-electron chi connectivity index (χ4n) is 1.05. The van der Waals surface area contributed by atoms with Crippen LogP contribution in [0.25, 0.3) is 0 Å². The molecule has 0 radical (unpaired) electrons. The predicted molar refractivity (Wildman–Crippen MR) is 88.8 cm³/mol. The largest absolute Gasteiger partial charge is 0.487 e. The summed E-state index contributed by atoms with van der Waals surface area (Å²) >= 11 is 0. The highest BCUT2D eigenvalue weighted by Crippen LogP contribution is 2.67. The molecule has 0 heterocycles. The Morgan fingerprint density at radius 2 is 1.04 bits per heavy atom. The fraction of sp³-hybridized carbons (Fsp3) is 0.333. The van der Waals surface area contributed by atoms with Crippen molar-refractivity contribution >= 4 is 23.0 Å². The van der Waals surface area contributed by atoms with Crippen LogP contribution in [0.1, 0.15) is 27.7 Å². The highest BCUT2D eigenvalue weighted by molar-refractivity contribution is 7.71. The van der Waals surface area contributed by atoms with Crippen molar-refractivity contribution in [2.75, 3.05) is 0 Å². The first-order chi connectivity index (χ1) is 10.2. The summed E-state index contributed by atoms with van der Waals surface area (Å²) in [5, 5.41) is 0.